The Morgan fingerprint density at radius 2 is 2.00 bits per heavy atom. The van der Waals surface area contributed by atoms with Crippen LogP contribution in [-0.2, 0) is 0 Å². The minimum Gasteiger partial charge on any atom is -0.366 e. The first-order valence-electron chi connectivity index (χ1n) is 5.47. The number of halogens is 1. The molecule has 2 heterocycles. The van der Waals surface area contributed by atoms with Crippen molar-refractivity contribution in [1.29, 1.82) is 0 Å². The van der Waals surface area contributed by atoms with Crippen molar-refractivity contribution in [2.24, 2.45) is 5.73 Å². The molecule has 2 N–H and O–H groups in total. The summed E-state index contributed by atoms with van der Waals surface area (Å²) in [4.78, 5) is 19.7. The van der Waals surface area contributed by atoms with Crippen LogP contribution < -0.4 is 10.6 Å². The van der Waals surface area contributed by atoms with Crippen LogP contribution in [-0.4, -0.2) is 49.0 Å². The van der Waals surface area contributed by atoms with E-state index in [0.29, 0.717) is 10.7 Å². The molecule has 5 nitrogen and oxygen atoms in total. The number of piperazine rings is 1. The number of carbonyl (C=O) groups excluding carboxylic acids is 1. The van der Waals surface area contributed by atoms with Crippen molar-refractivity contribution in [3.63, 3.8) is 0 Å². The van der Waals surface area contributed by atoms with E-state index in [1.54, 1.807) is 6.07 Å². The zero-order chi connectivity index (χ0) is 12.4. The average molecular weight is 255 g/mol. The molecule has 1 fully saturated rings. The van der Waals surface area contributed by atoms with Gasteiger partial charge in [0.15, 0.2) is 0 Å². The summed E-state index contributed by atoms with van der Waals surface area (Å²) < 4.78 is 0. The molecule has 92 valence electrons. The first kappa shape index (κ1) is 12.1. The smallest absolute Gasteiger partial charge is 0.248 e. The number of carbonyl (C=O) groups is 1. The summed E-state index contributed by atoms with van der Waals surface area (Å²) >= 11 is 5.89. The highest BCUT2D eigenvalue weighted by molar-refractivity contribution is 6.29. The largest absolute Gasteiger partial charge is 0.366 e. The van der Waals surface area contributed by atoms with E-state index in [2.05, 4.69) is 21.8 Å². The third-order valence-electron chi connectivity index (χ3n) is 2.89. The molecule has 0 atom stereocenters. The van der Waals surface area contributed by atoms with E-state index in [0.717, 1.165) is 32.0 Å². The van der Waals surface area contributed by atoms with Crippen LogP contribution in [0.15, 0.2) is 12.1 Å². The summed E-state index contributed by atoms with van der Waals surface area (Å²) in [7, 11) is 2.08. The van der Waals surface area contributed by atoms with E-state index < -0.39 is 5.91 Å². The molecule has 1 amide bonds. The molecule has 17 heavy (non-hydrogen) atoms. The van der Waals surface area contributed by atoms with E-state index in [9.17, 15) is 4.79 Å². The number of hydrogen-bond donors (Lipinski definition) is 1. The van der Waals surface area contributed by atoms with E-state index in [1.807, 2.05) is 0 Å². The molecule has 0 radical (unpaired) electrons. The zero-order valence-electron chi connectivity index (χ0n) is 9.69. The minimum atomic E-state index is -0.482. The number of anilines is 1. The zero-order valence-corrected chi connectivity index (χ0v) is 10.4. The maximum absolute atomic E-state index is 11.1. The Bertz CT molecular complexity index is 429. The van der Waals surface area contributed by atoms with Gasteiger partial charge in [-0.2, -0.15) is 0 Å². The average Bonchev–Trinajstić information content (AvgIpc) is 2.29. The van der Waals surface area contributed by atoms with Gasteiger partial charge in [0.2, 0.25) is 5.91 Å². The molecular weight excluding hydrogens is 240 g/mol. The number of rotatable bonds is 2. The van der Waals surface area contributed by atoms with E-state index in [1.165, 1.54) is 6.07 Å². The molecule has 0 unspecified atom stereocenters. The maximum Gasteiger partial charge on any atom is 0.248 e. The summed E-state index contributed by atoms with van der Waals surface area (Å²) in [5.74, 6) is 0.240. The lowest BCUT2D eigenvalue weighted by Crippen LogP contribution is -2.44. The molecule has 1 saturated heterocycles. The van der Waals surface area contributed by atoms with Gasteiger partial charge in [-0.05, 0) is 19.2 Å². The van der Waals surface area contributed by atoms with Gasteiger partial charge in [0.1, 0.15) is 11.0 Å². The summed E-state index contributed by atoms with van der Waals surface area (Å²) in [6.07, 6.45) is 0. The Kier molecular flexibility index (Phi) is 3.49. The first-order chi connectivity index (χ1) is 8.06. The van der Waals surface area contributed by atoms with Crippen LogP contribution in [0, 0.1) is 0 Å². The highest BCUT2D eigenvalue weighted by atomic mass is 35.5. The van der Waals surface area contributed by atoms with Crippen LogP contribution in [0.3, 0.4) is 0 Å². The Balaban J connectivity index is 2.23. The normalized spacial score (nSPS) is 17.2. The Morgan fingerprint density at radius 1 is 1.35 bits per heavy atom. The lowest BCUT2D eigenvalue weighted by molar-refractivity contribution is 0.1000. The molecule has 6 heteroatoms. The summed E-state index contributed by atoms with van der Waals surface area (Å²) in [6.45, 7) is 3.70. The topological polar surface area (TPSA) is 62.5 Å². The lowest BCUT2D eigenvalue weighted by Gasteiger charge is -2.33. The quantitative estimate of drug-likeness (QED) is 0.785. The number of aromatic nitrogens is 1. The summed E-state index contributed by atoms with van der Waals surface area (Å²) in [5.41, 5.74) is 5.65. The van der Waals surface area contributed by atoms with Crippen molar-refractivity contribution < 1.29 is 4.79 Å². The van der Waals surface area contributed by atoms with Crippen molar-refractivity contribution >= 4 is 23.3 Å². The van der Waals surface area contributed by atoms with Crippen LogP contribution in [0.4, 0.5) is 5.82 Å². The summed E-state index contributed by atoms with van der Waals surface area (Å²) in [5, 5.41) is 0.301. The Hall–Kier alpha value is -1.33. The second-order valence-electron chi connectivity index (χ2n) is 4.19. The molecule has 1 aromatic rings. The number of likely N-dealkylation sites (N-methyl/N-ethyl adjacent to an activating group) is 1. The number of hydrogen-bond acceptors (Lipinski definition) is 4. The van der Waals surface area contributed by atoms with Gasteiger partial charge in [-0.3, -0.25) is 4.79 Å². The molecular formula is C11H15ClN4O. The maximum atomic E-state index is 11.1. The second-order valence-corrected chi connectivity index (χ2v) is 4.58. The van der Waals surface area contributed by atoms with Gasteiger partial charge in [0.25, 0.3) is 0 Å². The molecule has 0 aromatic carbocycles. The fourth-order valence-electron chi connectivity index (χ4n) is 1.82. The minimum absolute atomic E-state index is 0.301. The number of primary amides is 1. The molecule has 1 aliphatic rings. The van der Waals surface area contributed by atoms with Gasteiger partial charge in [-0.1, -0.05) is 11.6 Å². The molecule has 2 rings (SSSR count). The highest BCUT2D eigenvalue weighted by Crippen LogP contribution is 2.19. The van der Waals surface area contributed by atoms with E-state index >= 15 is 0 Å². The molecule has 0 spiro atoms. The lowest BCUT2D eigenvalue weighted by atomic mass is 10.2. The molecule has 0 aliphatic carbocycles. The van der Waals surface area contributed by atoms with Gasteiger partial charge in [0, 0.05) is 31.7 Å². The predicted octanol–water partition coefficient (Wildman–Crippen LogP) is 0.586. The first-order valence-corrected chi connectivity index (χ1v) is 5.85. The van der Waals surface area contributed by atoms with Crippen LogP contribution in [0.2, 0.25) is 5.15 Å². The fourth-order valence-corrected chi connectivity index (χ4v) is 2.03. The van der Waals surface area contributed by atoms with Gasteiger partial charge in [0.05, 0.1) is 0 Å². The predicted molar refractivity (Wildman–Crippen MR) is 67.5 cm³/mol. The summed E-state index contributed by atoms with van der Waals surface area (Å²) in [6, 6.07) is 3.18. The van der Waals surface area contributed by atoms with Crippen molar-refractivity contribution in [3.8, 4) is 0 Å². The van der Waals surface area contributed by atoms with Crippen molar-refractivity contribution in [1.82, 2.24) is 9.88 Å². The van der Waals surface area contributed by atoms with Gasteiger partial charge < -0.3 is 15.5 Å². The van der Waals surface area contributed by atoms with Crippen molar-refractivity contribution in [2.75, 3.05) is 38.1 Å². The van der Waals surface area contributed by atoms with Gasteiger partial charge >= 0.3 is 0 Å². The van der Waals surface area contributed by atoms with Crippen LogP contribution in [0.25, 0.3) is 0 Å². The van der Waals surface area contributed by atoms with Crippen LogP contribution >= 0.6 is 11.6 Å². The van der Waals surface area contributed by atoms with Crippen LogP contribution in [0.5, 0.6) is 0 Å². The van der Waals surface area contributed by atoms with E-state index in [-0.39, 0.29) is 0 Å². The monoisotopic (exact) mass is 254 g/mol. The fraction of sp³-hybridized carbons (Fsp3) is 0.455. The molecule has 0 saturated carbocycles. The number of nitrogens with two attached hydrogens (primary N) is 1. The Labute approximate surface area is 105 Å². The molecule has 1 aromatic heterocycles. The number of amides is 1. The van der Waals surface area contributed by atoms with Crippen molar-refractivity contribution in [2.45, 2.75) is 0 Å². The van der Waals surface area contributed by atoms with Crippen LogP contribution in [0.1, 0.15) is 10.4 Å². The number of pyridine rings is 1. The third-order valence-corrected chi connectivity index (χ3v) is 3.09. The SMILES string of the molecule is CN1CCN(c2cc(C(N)=O)cc(Cl)n2)CC1. The highest BCUT2D eigenvalue weighted by Gasteiger charge is 2.17. The van der Waals surface area contributed by atoms with Crippen molar-refractivity contribution in [3.05, 3.63) is 22.8 Å². The van der Waals surface area contributed by atoms with Gasteiger partial charge in [-0.15, -0.1) is 0 Å². The standard InChI is InChI=1S/C11H15ClN4O/c1-15-2-4-16(5-3-15)10-7-8(11(13)17)6-9(12)14-10/h6-7H,2-5H2,1H3,(H2,13,17). The molecule has 1 aliphatic heterocycles. The third kappa shape index (κ3) is 2.87. The number of nitrogens with zero attached hydrogens (tertiary/aromatic N) is 3. The Morgan fingerprint density at radius 3 is 2.59 bits per heavy atom. The van der Waals surface area contributed by atoms with E-state index in [4.69, 9.17) is 17.3 Å². The van der Waals surface area contributed by atoms with Gasteiger partial charge in [-0.25, -0.2) is 4.98 Å². The molecule has 0 bridgehead atoms. The second kappa shape index (κ2) is 4.89.